The summed E-state index contributed by atoms with van der Waals surface area (Å²) in [4.78, 5) is 12.0. The molecule has 0 heterocycles. The molecule has 1 unspecified atom stereocenters. The zero-order valence-electron chi connectivity index (χ0n) is 9.39. The Balaban J connectivity index is 2.80. The molecule has 4 heteroatoms. The molecule has 1 amide bonds. The molecule has 0 aliphatic rings. The minimum absolute atomic E-state index is 0.0117. The van der Waals surface area contributed by atoms with Crippen LogP contribution in [0.4, 0.5) is 0 Å². The second-order valence-corrected chi connectivity index (χ2v) is 5.82. The maximum Gasteiger partial charge on any atom is 0.251 e. The number of carbonyl (C=O) groups excluding carboxylic acids is 1. The lowest BCUT2D eigenvalue weighted by Crippen LogP contribution is -2.46. The van der Waals surface area contributed by atoms with E-state index < -0.39 is 0 Å². The Morgan fingerprint density at radius 3 is 2.75 bits per heavy atom. The number of benzene rings is 1. The van der Waals surface area contributed by atoms with Gasteiger partial charge in [-0.1, -0.05) is 28.9 Å². The molecule has 0 fully saturated rings. The number of hydrogen-bond acceptors (Lipinski definition) is 1. The third kappa shape index (κ3) is 3.73. The molecule has 0 aliphatic heterocycles. The fourth-order valence-electron chi connectivity index (χ4n) is 1.19. The van der Waals surface area contributed by atoms with Crippen molar-refractivity contribution in [1.29, 1.82) is 0 Å². The summed E-state index contributed by atoms with van der Waals surface area (Å²) in [6.07, 6.45) is 0.897. The minimum atomic E-state index is -0.182. The number of rotatable bonds is 4. The van der Waals surface area contributed by atoms with Gasteiger partial charge in [-0.3, -0.25) is 4.79 Å². The van der Waals surface area contributed by atoms with Crippen LogP contribution in [0.2, 0.25) is 0 Å². The Labute approximate surface area is 118 Å². The van der Waals surface area contributed by atoms with Crippen LogP contribution in [0.15, 0.2) is 24.3 Å². The van der Waals surface area contributed by atoms with Crippen LogP contribution in [-0.2, 0) is 0 Å². The summed E-state index contributed by atoms with van der Waals surface area (Å²) < 4.78 is 1.07. The summed E-state index contributed by atoms with van der Waals surface area (Å²) in [5, 5.41) is 3.80. The summed E-state index contributed by atoms with van der Waals surface area (Å²) in [5.74, 6) is -0.0117. The first-order valence-corrected chi connectivity index (χ1v) is 7.35. The lowest BCUT2D eigenvalue weighted by molar-refractivity contribution is 0.0913. The van der Waals surface area contributed by atoms with Crippen molar-refractivity contribution in [2.24, 2.45) is 0 Å². The van der Waals surface area contributed by atoms with Gasteiger partial charge in [0.05, 0.1) is 0 Å². The van der Waals surface area contributed by atoms with Gasteiger partial charge in [-0.2, -0.15) is 0 Å². The molecule has 1 N–H and O–H groups in total. The van der Waals surface area contributed by atoms with Crippen molar-refractivity contribution in [2.45, 2.75) is 25.8 Å². The van der Waals surface area contributed by atoms with E-state index in [9.17, 15) is 4.79 Å². The molecule has 16 heavy (non-hydrogen) atoms. The molecule has 2 nitrogen and oxygen atoms in total. The fourth-order valence-corrected chi connectivity index (χ4v) is 2.27. The molecule has 0 saturated carbocycles. The van der Waals surface area contributed by atoms with E-state index in [0.29, 0.717) is 5.56 Å². The lowest BCUT2D eigenvalue weighted by atomic mass is 10.0. The molecule has 0 saturated heterocycles. The molecule has 1 aromatic rings. The SMILES string of the molecule is CCC(C)(CBr)NC(=O)c1cccc(I)c1. The average molecular weight is 396 g/mol. The maximum atomic E-state index is 12.0. The molecular formula is C12H15BrINO. The normalized spacial score (nSPS) is 14.2. The quantitative estimate of drug-likeness (QED) is 0.612. The van der Waals surface area contributed by atoms with Crippen LogP contribution in [0.1, 0.15) is 30.6 Å². The highest BCUT2D eigenvalue weighted by Gasteiger charge is 2.23. The summed E-state index contributed by atoms with van der Waals surface area (Å²) in [6.45, 7) is 4.10. The zero-order chi connectivity index (χ0) is 12.2. The van der Waals surface area contributed by atoms with Crippen LogP contribution in [-0.4, -0.2) is 16.8 Å². The molecule has 0 aromatic heterocycles. The van der Waals surface area contributed by atoms with Crippen molar-refractivity contribution in [2.75, 3.05) is 5.33 Å². The van der Waals surface area contributed by atoms with Gasteiger partial charge >= 0.3 is 0 Å². The molecule has 0 aliphatic carbocycles. The van der Waals surface area contributed by atoms with Gasteiger partial charge in [-0.15, -0.1) is 0 Å². The second kappa shape index (κ2) is 6.00. The molecule has 88 valence electrons. The number of amides is 1. The van der Waals surface area contributed by atoms with Crippen molar-refractivity contribution >= 4 is 44.4 Å². The largest absolute Gasteiger partial charge is 0.346 e. The van der Waals surface area contributed by atoms with Crippen molar-refractivity contribution in [3.8, 4) is 0 Å². The van der Waals surface area contributed by atoms with Gasteiger partial charge in [0, 0.05) is 20.0 Å². The highest BCUT2D eigenvalue weighted by molar-refractivity contribution is 14.1. The van der Waals surface area contributed by atoms with Gasteiger partial charge in [-0.25, -0.2) is 0 Å². The minimum Gasteiger partial charge on any atom is -0.346 e. The van der Waals surface area contributed by atoms with E-state index in [4.69, 9.17) is 0 Å². The molecule has 1 atom stereocenters. The summed E-state index contributed by atoms with van der Waals surface area (Å²) in [7, 11) is 0. The van der Waals surface area contributed by atoms with E-state index in [1.54, 1.807) is 0 Å². The van der Waals surface area contributed by atoms with Crippen LogP contribution < -0.4 is 5.32 Å². The molecule has 0 spiro atoms. The van der Waals surface area contributed by atoms with E-state index in [-0.39, 0.29) is 11.4 Å². The third-order valence-corrected chi connectivity index (χ3v) is 4.49. The Bertz CT molecular complexity index is 377. The van der Waals surface area contributed by atoms with E-state index in [1.165, 1.54) is 0 Å². The fraction of sp³-hybridized carbons (Fsp3) is 0.417. The van der Waals surface area contributed by atoms with Gasteiger partial charge in [0.2, 0.25) is 0 Å². The van der Waals surface area contributed by atoms with Gasteiger partial charge in [0.15, 0.2) is 0 Å². The van der Waals surface area contributed by atoms with Crippen LogP contribution in [0.25, 0.3) is 0 Å². The Hall–Kier alpha value is -0.100. The highest BCUT2D eigenvalue weighted by atomic mass is 127. The molecule has 0 bridgehead atoms. The molecular weight excluding hydrogens is 381 g/mol. The maximum absolute atomic E-state index is 12.0. The van der Waals surface area contributed by atoms with E-state index in [2.05, 4.69) is 50.8 Å². The van der Waals surface area contributed by atoms with Crippen molar-refractivity contribution in [3.05, 3.63) is 33.4 Å². The van der Waals surface area contributed by atoms with Crippen LogP contribution in [0.3, 0.4) is 0 Å². The first kappa shape index (κ1) is 14.0. The van der Waals surface area contributed by atoms with Crippen molar-refractivity contribution in [3.63, 3.8) is 0 Å². The van der Waals surface area contributed by atoms with Gasteiger partial charge in [0.1, 0.15) is 0 Å². The Morgan fingerprint density at radius 2 is 2.25 bits per heavy atom. The van der Waals surface area contributed by atoms with Gasteiger partial charge < -0.3 is 5.32 Å². The number of alkyl halides is 1. The number of halogens is 2. The standard InChI is InChI=1S/C12H15BrINO/c1-3-12(2,8-13)15-11(16)9-5-4-6-10(14)7-9/h4-7H,3,8H2,1-2H3,(H,15,16). The predicted molar refractivity (Wildman–Crippen MR) is 79.1 cm³/mol. The van der Waals surface area contributed by atoms with E-state index in [0.717, 1.165) is 15.3 Å². The average Bonchev–Trinajstić information content (AvgIpc) is 2.29. The number of carbonyl (C=O) groups is 1. The lowest BCUT2D eigenvalue weighted by Gasteiger charge is -2.27. The predicted octanol–water partition coefficient (Wildman–Crippen LogP) is 3.58. The second-order valence-electron chi connectivity index (χ2n) is 4.01. The summed E-state index contributed by atoms with van der Waals surface area (Å²) >= 11 is 5.64. The first-order valence-electron chi connectivity index (χ1n) is 5.15. The smallest absolute Gasteiger partial charge is 0.251 e. The van der Waals surface area contributed by atoms with Crippen LogP contribution >= 0.6 is 38.5 Å². The first-order chi connectivity index (χ1) is 7.50. The highest BCUT2D eigenvalue weighted by Crippen LogP contribution is 2.14. The number of hydrogen-bond donors (Lipinski definition) is 1. The Kier molecular flexibility index (Phi) is 5.24. The molecule has 1 rings (SSSR count). The zero-order valence-corrected chi connectivity index (χ0v) is 13.1. The Morgan fingerprint density at radius 1 is 1.56 bits per heavy atom. The monoisotopic (exact) mass is 395 g/mol. The van der Waals surface area contributed by atoms with Crippen LogP contribution in [0.5, 0.6) is 0 Å². The van der Waals surface area contributed by atoms with E-state index in [1.807, 2.05) is 31.2 Å². The van der Waals surface area contributed by atoms with E-state index >= 15 is 0 Å². The van der Waals surface area contributed by atoms with Gasteiger partial charge in [-0.05, 0) is 54.1 Å². The summed E-state index contributed by atoms with van der Waals surface area (Å²) in [6, 6.07) is 7.59. The van der Waals surface area contributed by atoms with Crippen molar-refractivity contribution in [1.82, 2.24) is 5.32 Å². The number of nitrogens with one attached hydrogen (secondary N) is 1. The van der Waals surface area contributed by atoms with Crippen LogP contribution in [0, 0.1) is 3.57 Å². The molecule has 1 aromatic carbocycles. The summed E-state index contributed by atoms with van der Waals surface area (Å²) in [5.41, 5.74) is 0.533. The third-order valence-electron chi connectivity index (χ3n) is 2.58. The molecule has 0 radical (unpaired) electrons. The topological polar surface area (TPSA) is 29.1 Å². The van der Waals surface area contributed by atoms with Crippen molar-refractivity contribution < 1.29 is 4.79 Å². The van der Waals surface area contributed by atoms with Gasteiger partial charge in [0.25, 0.3) is 5.91 Å².